The fourth-order valence-corrected chi connectivity index (χ4v) is 2.45. The van der Waals surface area contributed by atoms with Crippen LogP contribution in [-0.2, 0) is 16.0 Å². The summed E-state index contributed by atoms with van der Waals surface area (Å²) < 4.78 is 18.5. The Kier molecular flexibility index (Phi) is 10.5. The number of nitrogens with zero attached hydrogens (tertiary/aromatic N) is 2. The molecule has 1 atom stereocenters. The molecule has 2 N–H and O–H groups in total. The third-order valence-corrected chi connectivity index (χ3v) is 4.01. The number of aliphatic imine (C=N–C) groups is 1. The second-order valence-electron chi connectivity index (χ2n) is 6.27. The predicted molar refractivity (Wildman–Crippen MR) is 111 cm³/mol. The van der Waals surface area contributed by atoms with Crippen molar-refractivity contribution in [1.29, 1.82) is 0 Å². The van der Waals surface area contributed by atoms with Gasteiger partial charge in [-0.05, 0) is 37.0 Å². The first kappa shape index (κ1) is 22.6. The molecule has 1 amide bonds. The molecule has 0 radical (unpaired) electrons. The fourth-order valence-electron chi connectivity index (χ4n) is 2.45. The quantitative estimate of drug-likeness (QED) is 0.357. The van der Waals surface area contributed by atoms with Crippen molar-refractivity contribution in [2.45, 2.75) is 25.4 Å². The number of carbonyl (C=O) groups is 1. The van der Waals surface area contributed by atoms with E-state index >= 15 is 0 Å². The molecule has 146 valence electrons. The van der Waals surface area contributed by atoms with Crippen molar-refractivity contribution in [3.05, 3.63) is 35.6 Å². The number of likely N-dealkylation sites (N-methyl/N-ethyl adjacent to an activating group) is 1. The summed E-state index contributed by atoms with van der Waals surface area (Å²) in [4.78, 5) is 17.6. The summed E-state index contributed by atoms with van der Waals surface area (Å²) >= 11 is 0. The highest BCUT2D eigenvalue weighted by atomic mass is 127. The van der Waals surface area contributed by atoms with Gasteiger partial charge in [-0.2, -0.15) is 0 Å². The Morgan fingerprint density at radius 2 is 2.04 bits per heavy atom. The van der Waals surface area contributed by atoms with Crippen molar-refractivity contribution in [2.24, 2.45) is 4.99 Å². The molecule has 0 spiro atoms. The van der Waals surface area contributed by atoms with Gasteiger partial charge in [0.15, 0.2) is 5.96 Å². The van der Waals surface area contributed by atoms with Gasteiger partial charge in [-0.1, -0.05) is 12.1 Å². The molecule has 0 aromatic heterocycles. The molecule has 6 nitrogen and oxygen atoms in total. The lowest BCUT2D eigenvalue weighted by atomic mass is 10.1. The number of hydrogen-bond acceptors (Lipinski definition) is 3. The van der Waals surface area contributed by atoms with Crippen molar-refractivity contribution >= 4 is 35.8 Å². The maximum absolute atomic E-state index is 12.9. The van der Waals surface area contributed by atoms with Crippen molar-refractivity contribution in [3.8, 4) is 0 Å². The summed E-state index contributed by atoms with van der Waals surface area (Å²) in [5, 5.41) is 6.45. The van der Waals surface area contributed by atoms with Gasteiger partial charge in [0.05, 0.1) is 6.10 Å². The minimum Gasteiger partial charge on any atom is -0.376 e. The van der Waals surface area contributed by atoms with Gasteiger partial charge in [0.1, 0.15) is 12.4 Å². The van der Waals surface area contributed by atoms with Crippen LogP contribution in [0.4, 0.5) is 4.39 Å². The number of guanidine groups is 1. The summed E-state index contributed by atoms with van der Waals surface area (Å²) in [6.45, 7) is 2.19. The largest absolute Gasteiger partial charge is 0.376 e. The SMILES string of the molecule is CN(C)C(=O)CN=C(NCCc1ccc(F)cc1)NCC1CCCO1.I. The van der Waals surface area contributed by atoms with Crippen LogP contribution in [0.25, 0.3) is 0 Å². The molecular weight excluding hydrogens is 450 g/mol. The van der Waals surface area contributed by atoms with Crippen LogP contribution in [0.15, 0.2) is 29.3 Å². The number of nitrogens with one attached hydrogen (secondary N) is 2. The number of halogens is 2. The average Bonchev–Trinajstić information content (AvgIpc) is 3.11. The number of hydrogen-bond donors (Lipinski definition) is 2. The molecule has 1 aromatic carbocycles. The highest BCUT2D eigenvalue weighted by Crippen LogP contribution is 2.10. The normalized spacial score (nSPS) is 16.7. The number of benzene rings is 1. The van der Waals surface area contributed by atoms with E-state index in [1.165, 1.54) is 17.0 Å². The zero-order valence-electron chi connectivity index (χ0n) is 15.3. The highest BCUT2D eigenvalue weighted by Gasteiger charge is 2.15. The van der Waals surface area contributed by atoms with Crippen molar-refractivity contribution in [2.75, 3.05) is 40.3 Å². The second kappa shape index (κ2) is 12.1. The van der Waals surface area contributed by atoms with E-state index in [0.29, 0.717) is 19.0 Å². The van der Waals surface area contributed by atoms with E-state index in [1.807, 2.05) is 0 Å². The maximum Gasteiger partial charge on any atom is 0.243 e. The van der Waals surface area contributed by atoms with Crippen LogP contribution in [0, 0.1) is 5.82 Å². The third kappa shape index (κ3) is 8.31. The highest BCUT2D eigenvalue weighted by molar-refractivity contribution is 14.0. The van der Waals surface area contributed by atoms with Crippen LogP contribution in [0.5, 0.6) is 0 Å². The lowest BCUT2D eigenvalue weighted by Crippen LogP contribution is -2.42. The van der Waals surface area contributed by atoms with Crippen LogP contribution in [0.3, 0.4) is 0 Å². The van der Waals surface area contributed by atoms with E-state index in [9.17, 15) is 9.18 Å². The zero-order chi connectivity index (χ0) is 18.1. The summed E-state index contributed by atoms with van der Waals surface area (Å²) in [5.74, 6) is 0.295. The van der Waals surface area contributed by atoms with Gasteiger partial charge in [0.25, 0.3) is 0 Å². The molecule has 2 rings (SSSR count). The predicted octanol–water partition coefficient (Wildman–Crippen LogP) is 1.79. The molecular formula is C18H28FIN4O2. The Bertz CT molecular complexity index is 575. The maximum atomic E-state index is 12.9. The standard InChI is InChI=1S/C18H27FN4O2.HI/c1-23(2)17(24)13-22-18(21-12-16-4-3-11-25-16)20-10-9-14-5-7-15(19)8-6-14;/h5-8,16H,3-4,9-13H2,1-2H3,(H2,20,21,22);1H. The summed E-state index contributed by atoms with van der Waals surface area (Å²) in [6.07, 6.45) is 3.04. The first-order chi connectivity index (χ1) is 12.0. The van der Waals surface area contributed by atoms with Gasteiger partial charge in [-0.15, -0.1) is 24.0 Å². The van der Waals surface area contributed by atoms with Crippen LogP contribution < -0.4 is 10.6 Å². The van der Waals surface area contributed by atoms with Crippen molar-refractivity contribution < 1.29 is 13.9 Å². The zero-order valence-corrected chi connectivity index (χ0v) is 17.7. The van der Waals surface area contributed by atoms with Crippen LogP contribution >= 0.6 is 24.0 Å². The molecule has 1 saturated heterocycles. The van der Waals surface area contributed by atoms with E-state index < -0.39 is 0 Å². The number of rotatable bonds is 7. The molecule has 8 heteroatoms. The van der Waals surface area contributed by atoms with E-state index in [-0.39, 0.29) is 48.3 Å². The van der Waals surface area contributed by atoms with Crippen molar-refractivity contribution in [1.82, 2.24) is 15.5 Å². The first-order valence-corrected chi connectivity index (χ1v) is 8.63. The molecule has 26 heavy (non-hydrogen) atoms. The number of carbonyl (C=O) groups excluding carboxylic acids is 1. The van der Waals surface area contributed by atoms with Gasteiger partial charge in [-0.25, -0.2) is 9.38 Å². The Morgan fingerprint density at radius 1 is 1.31 bits per heavy atom. The van der Waals surface area contributed by atoms with Gasteiger partial charge >= 0.3 is 0 Å². The molecule has 0 saturated carbocycles. The average molecular weight is 478 g/mol. The molecule has 1 unspecified atom stereocenters. The Hall–Kier alpha value is -1.42. The van der Waals surface area contributed by atoms with Crippen LogP contribution in [-0.4, -0.2) is 63.2 Å². The van der Waals surface area contributed by atoms with E-state index in [4.69, 9.17) is 4.74 Å². The first-order valence-electron chi connectivity index (χ1n) is 8.63. The smallest absolute Gasteiger partial charge is 0.243 e. The van der Waals surface area contributed by atoms with E-state index in [1.54, 1.807) is 26.2 Å². The van der Waals surface area contributed by atoms with Gasteiger partial charge in [-0.3, -0.25) is 4.79 Å². The lowest BCUT2D eigenvalue weighted by Gasteiger charge is -2.16. The fraction of sp³-hybridized carbons (Fsp3) is 0.556. The monoisotopic (exact) mass is 478 g/mol. The van der Waals surface area contributed by atoms with Crippen molar-refractivity contribution in [3.63, 3.8) is 0 Å². The van der Waals surface area contributed by atoms with Gasteiger partial charge < -0.3 is 20.3 Å². The number of ether oxygens (including phenoxy) is 1. The Balaban J connectivity index is 0.00000338. The molecule has 1 heterocycles. The molecule has 0 bridgehead atoms. The van der Waals surface area contributed by atoms with Gasteiger partial charge in [0, 0.05) is 33.8 Å². The summed E-state index contributed by atoms with van der Waals surface area (Å²) in [7, 11) is 3.42. The summed E-state index contributed by atoms with van der Waals surface area (Å²) in [6, 6.07) is 6.44. The van der Waals surface area contributed by atoms with Gasteiger partial charge in [0.2, 0.25) is 5.91 Å². The van der Waals surface area contributed by atoms with E-state index in [2.05, 4.69) is 15.6 Å². The molecule has 0 aliphatic carbocycles. The lowest BCUT2D eigenvalue weighted by molar-refractivity contribution is -0.127. The van der Waals surface area contributed by atoms with Crippen LogP contribution in [0.1, 0.15) is 18.4 Å². The summed E-state index contributed by atoms with van der Waals surface area (Å²) in [5.41, 5.74) is 1.04. The minimum absolute atomic E-state index is 0. The van der Waals surface area contributed by atoms with E-state index in [0.717, 1.165) is 31.4 Å². The number of amides is 1. The molecule has 1 aromatic rings. The molecule has 1 fully saturated rings. The molecule has 1 aliphatic rings. The second-order valence-corrected chi connectivity index (χ2v) is 6.27. The minimum atomic E-state index is -0.237. The third-order valence-electron chi connectivity index (χ3n) is 4.01. The van der Waals surface area contributed by atoms with Crippen LogP contribution in [0.2, 0.25) is 0 Å². The molecule has 1 aliphatic heterocycles. The Labute approximate surface area is 171 Å². The topological polar surface area (TPSA) is 66.0 Å². The Morgan fingerprint density at radius 3 is 2.65 bits per heavy atom.